The van der Waals surface area contributed by atoms with Gasteiger partial charge < -0.3 is 10.1 Å². The lowest BCUT2D eigenvalue weighted by molar-refractivity contribution is 0.299. The van der Waals surface area contributed by atoms with Crippen LogP contribution in [0.15, 0.2) is 30.3 Å². The van der Waals surface area contributed by atoms with Crippen molar-refractivity contribution in [2.45, 2.75) is 45.4 Å². The van der Waals surface area contributed by atoms with Crippen molar-refractivity contribution in [3.8, 4) is 0 Å². The zero-order valence-corrected chi connectivity index (χ0v) is 12.0. The normalized spacial score (nSPS) is 10.1. The van der Waals surface area contributed by atoms with E-state index in [1.165, 1.54) is 32.1 Å². The first-order valence-corrected chi connectivity index (χ1v) is 7.22. The van der Waals surface area contributed by atoms with Crippen LogP contribution in [0.4, 0.5) is 5.69 Å². The molecule has 2 nitrogen and oxygen atoms in total. The van der Waals surface area contributed by atoms with E-state index in [0.717, 1.165) is 12.1 Å². The lowest BCUT2D eigenvalue weighted by Gasteiger charge is -2.09. The summed E-state index contributed by atoms with van der Waals surface area (Å²) >= 11 is 5.12. The van der Waals surface area contributed by atoms with Crippen LogP contribution in [0.1, 0.15) is 45.4 Å². The molecule has 1 rings (SSSR count). The fourth-order valence-corrected chi connectivity index (χ4v) is 1.92. The van der Waals surface area contributed by atoms with Crippen LogP contribution in [-0.2, 0) is 4.74 Å². The van der Waals surface area contributed by atoms with Gasteiger partial charge >= 0.3 is 0 Å². The molecule has 0 saturated heterocycles. The first-order chi connectivity index (χ1) is 8.83. The molecule has 0 amide bonds. The summed E-state index contributed by atoms with van der Waals surface area (Å²) < 4.78 is 5.47. The molecule has 0 radical (unpaired) electrons. The first-order valence-electron chi connectivity index (χ1n) is 6.81. The molecular weight excluding hydrogens is 242 g/mol. The minimum Gasteiger partial charge on any atom is -0.471 e. The molecule has 1 N–H and O–H groups in total. The molecule has 0 fully saturated rings. The smallest absolute Gasteiger partial charge is 0.261 e. The summed E-state index contributed by atoms with van der Waals surface area (Å²) in [5, 5.41) is 3.53. The predicted octanol–water partition coefficient (Wildman–Crippen LogP) is 4.76. The fraction of sp³-hybridized carbons (Fsp3) is 0.533. The number of unbranched alkanes of at least 4 members (excludes halogenated alkanes) is 5. The summed E-state index contributed by atoms with van der Waals surface area (Å²) in [5.41, 5.74) is 0.977. The largest absolute Gasteiger partial charge is 0.471 e. The van der Waals surface area contributed by atoms with E-state index < -0.39 is 0 Å². The SMILES string of the molecule is CCCCCCCCOC(=S)Nc1ccccc1. The highest BCUT2D eigenvalue weighted by molar-refractivity contribution is 7.80. The minimum absolute atomic E-state index is 0.467. The Bertz CT molecular complexity index is 327. The Morgan fingerprint density at radius 3 is 2.44 bits per heavy atom. The lowest BCUT2D eigenvalue weighted by Crippen LogP contribution is -2.13. The zero-order valence-electron chi connectivity index (χ0n) is 11.2. The Balaban J connectivity index is 2.00. The number of rotatable bonds is 8. The summed E-state index contributed by atoms with van der Waals surface area (Å²) in [4.78, 5) is 0. The van der Waals surface area contributed by atoms with Crippen molar-refractivity contribution in [1.82, 2.24) is 0 Å². The Morgan fingerprint density at radius 2 is 1.72 bits per heavy atom. The highest BCUT2D eigenvalue weighted by atomic mass is 32.1. The van der Waals surface area contributed by atoms with Gasteiger partial charge in [0.15, 0.2) is 0 Å². The number of para-hydroxylation sites is 1. The molecule has 100 valence electrons. The first kappa shape index (κ1) is 15.0. The fourth-order valence-electron chi connectivity index (χ4n) is 1.72. The van der Waals surface area contributed by atoms with Crippen LogP contribution in [-0.4, -0.2) is 11.8 Å². The Labute approximate surface area is 116 Å². The zero-order chi connectivity index (χ0) is 13.1. The van der Waals surface area contributed by atoms with Crippen molar-refractivity contribution < 1.29 is 4.74 Å². The Kier molecular flexibility index (Phi) is 8.23. The van der Waals surface area contributed by atoms with Gasteiger partial charge in [-0.3, -0.25) is 0 Å². The molecule has 0 atom stereocenters. The van der Waals surface area contributed by atoms with E-state index in [1.807, 2.05) is 30.3 Å². The van der Waals surface area contributed by atoms with Crippen molar-refractivity contribution in [3.05, 3.63) is 30.3 Å². The summed E-state index contributed by atoms with van der Waals surface area (Å²) in [6, 6.07) is 9.86. The maximum Gasteiger partial charge on any atom is 0.261 e. The second-order valence-corrected chi connectivity index (χ2v) is 4.77. The third-order valence-electron chi connectivity index (χ3n) is 2.75. The van der Waals surface area contributed by atoms with Crippen LogP contribution in [0, 0.1) is 0 Å². The molecule has 0 saturated carbocycles. The van der Waals surface area contributed by atoms with Crippen LogP contribution in [0.5, 0.6) is 0 Å². The standard InChI is InChI=1S/C15H23NOS/c1-2-3-4-5-6-10-13-17-15(18)16-14-11-8-7-9-12-14/h7-9,11-12H,2-6,10,13H2,1H3,(H,16,18). The highest BCUT2D eigenvalue weighted by Gasteiger charge is 1.97. The second-order valence-electron chi connectivity index (χ2n) is 4.39. The van der Waals surface area contributed by atoms with E-state index in [2.05, 4.69) is 12.2 Å². The third-order valence-corrected chi connectivity index (χ3v) is 2.97. The van der Waals surface area contributed by atoms with Gasteiger partial charge in [0.25, 0.3) is 5.17 Å². The molecule has 0 aliphatic carbocycles. The predicted molar refractivity (Wildman–Crippen MR) is 82.0 cm³/mol. The molecule has 3 heteroatoms. The van der Waals surface area contributed by atoms with Gasteiger partial charge in [-0.25, -0.2) is 0 Å². The van der Waals surface area contributed by atoms with Gasteiger partial charge in [0, 0.05) is 5.69 Å². The lowest BCUT2D eigenvalue weighted by atomic mass is 10.1. The van der Waals surface area contributed by atoms with Crippen molar-refractivity contribution >= 4 is 23.1 Å². The highest BCUT2D eigenvalue weighted by Crippen LogP contribution is 2.07. The van der Waals surface area contributed by atoms with Crippen LogP contribution in [0.2, 0.25) is 0 Å². The second kappa shape index (κ2) is 9.89. The minimum atomic E-state index is 0.467. The van der Waals surface area contributed by atoms with Crippen molar-refractivity contribution in [1.29, 1.82) is 0 Å². The van der Waals surface area contributed by atoms with Crippen LogP contribution < -0.4 is 5.32 Å². The molecular formula is C15H23NOS. The summed E-state index contributed by atoms with van der Waals surface area (Å²) in [6.45, 7) is 2.95. The van der Waals surface area contributed by atoms with E-state index >= 15 is 0 Å². The molecule has 0 bridgehead atoms. The van der Waals surface area contributed by atoms with Crippen molar-refractivity contribution in [2.24, 2.45) is 0 Å². The molecule has 0 heterocycles. The van der Waals surface area contributed by atoms with Crippen LogP contribution >= 0.6 is 12.2 Å². The maximum absolute atomic E-state index is 5.47. The molecule has 18 heavy (non-hydrogen) atoms. The number of anilines is 1. The summed E-state index contributed by atoms with van der Waals surface area (Å²) in [5.74, 6) is 0. The van der Waals surface area contributed by atoms with E-state index in [-0.39, 0.29) is 0 Å². The molecule has 0 unspecified atom stereocenters. The van der Waals surface area contributed by atoms with E-state index in [9.17, 15) is 0 Å². The van der Waals surface area contributed by atoms with Crippen LogP contribution in [0.25, 0.3) is 0 Å². The van der Waals surface area contributed by atoms with Gasteiger partial charge in [0.1, 0.15) is 0 Å². The summed E-state index contributed by atoms with van der Waals surface area (Å²) in [6.07, 6.45) is 7.59. The molecule has 0 aromatic heterocycles. The van der Waals surface area contributed by atoms with Crippen molar-refractivity contribution in [3.63, 3.8) is 0 Å². The van der Waals surface area contributed by atoms with Gasteiger partial charge in [-0.15, -0.1) is 0 Å². The van der Waals surface area contributed by atoms with Gasteiger partial charge in [-0.1, -0.05) is 57.2 Å². The van der Waals surface area contributed by atoms with Gasteiger partial charge in [0.2, 0.25) is 0 Å². The van der Waals surface area contributed by atoms with E-state index in [0.29, 0.717) is 11.8 Å². The quantitative estimate of drug-likeness (QED) is 0.541. The van der Waals surface area contributed by atoms with E-state index in [1.54, 1.807) is 0 Å². The molecule has 0 aliphatic rings. The molecule has 1 aromatic carbocycles. The summed E-state index contributed by atoms with van der Waals surface area (Å²) in [7, 11) is 0. The van der Waals surface area contributed by atoms with Gasteiger partial charge in [0.05, 0.1) is 6.61 Å². The number of benzene rings is 1. The average molecular weight is 265 g/mol. The molecule has 0 spiro atoms. The number of ether oxygens (including phenoxy) is 1. The number of thiocarbonyl (C=S) groups is 1. The Morgan fingerprint density at radius 1 is 1.06 bits per heavy atom. The van der Waals surface area contributed by atoms with Gasteiger partial charge in [-0.2, -0.15) is 0 Å². The molecule has 0 aliphatic heterocycles. The number of nitrogens with one attached hydrogen (secondary N) is 1. The number of hydrogen-bond donors (Lipinski definition) is 1. The topological polar surface area (TPSA) is 21.3 Å². The Hall–Kier alpha value is -1.09. The number of hydrogen-bond acceptors (Lipinski definition) is 2. The average Bonchev–Trinajstić information content (AvgIpc) is 2.39. The van der Waals surface area contributed by atoms with Crippen molar-refractivity contribution in [2.75, 3.05) is 11.9 Å². The van der Waals surface area contributed by atoms with Gasteiger partial charge in [-0.05, 0) is 30.8 Å². The third kappa shape index (κ3) is 7.28. The maximum atomic E-state index is 5.47. The van der Waals surface area contributed by atoms with Crippen LogP contribution in [0.3, 0.4) is 0 Å². The monoisotopic (exact) mass is 265 g/mol. The molecule has 1 aromatic rings. The van der Waals surface area contributed by atoms with E-state index in [4.69, 9.17) is 17.0 Å².